The second-order valence-corrected chi connectivity index (χ2v) is 8.19. The van der Waals surface area contributed by atoms with E-state index in [9.17, 15) is 30.0 Å². The Morgan fingerprint density at radius 1 is 1.25 bits per heavy atom. The van der Waals surface area contributed by atoms with Crippen LogP contribution in [0.2, 0.25) is 0 Å². The number of ketones is 1. The van der Waals surface area contributed by atoms with Gasteiger partial charge >= 0.3 is 11.8 Å². The summed E-state index contributed by atoms with van der Waals surface area (Å²) in [5.74, 6) is -1.96. The van der Waals surface area contributed by atoms with Crippen molar-refractivity contribution >= 4 is 23.4 Å². The van der Waals surface area contributed by atoms with Crippen LogP contribution in [0.1, 0.15) is 35.7 Å². The molecular weight excluding hydrogens is 414 g/mol. The molecule has 2 aromatic heterocycles. The van der Waals surface area contributed by atoms with Crippen molar-refractivity contribution in [3.05, 3.63) is 62.7 Å². The van der Waals surface area contributed by atoms with Crippen molar-refractivity contribution in [3.63, 3.8) is 0 Å². The largest absolute Gasteiger partial charge is 0.479 e. The predicted molar refractivity (Wildman–Crippen MR) is 112 cm³/mol. The molecule has 0 saturated heterocycles. The molecule has 0 fully saturated rings. The molecule has 0 bridgehead atoms. The Labute approximate surface area is 182 Å². The molecule has 9 heteroatoms. The van der Waals surface area contributed by atoms with Crippen molar-refractivity contribution in [2.75, 3.05) is 20.6 Å². The van der Waals surface area contributed by atoms with E-state index in [2.05, 4.69) is 4.98 Å². The summed E-state index contributed by atoms with van der Waals surface area (Å²) in [5.41, 5.74) is -0.659. The van der Waals surface area contributed by atoms with Crippen molar-refractivity contribution in [2.45, 2.75) is 25.6 Å². The fourth-order valence-corrected chi connectivity index (χ4v) is 4.19. The van der Waals surface area contributed by atoms with Crippen LogP contribution >= 0.6 is 0 Å². The van der Waals surface area contributed by atoms with E-state index in [1.807, 2.05) is 25.1 Å². The van der Waals surface area contributed by atoms with Crippen LogP contribution < -0.4 is 9.46 Å². The Morgan fingerprint density at radius 3 is 2.56 bits per heavy atom. The lowest BCUT2D eigenvalue weighted by molar-refractivity contribution is -0.527. The number of fused-ring (bicyclic) bond motifs is 3. The molecule has 0 saturated carbocycles. The quantitative estimate of drug-likeness (QED) is 0.368. The molecule has 9 nitrogen and oxygen atoms in total. The number of rotatable bonds is 6. The highest BCUT2D eigenvalue weighted by Gasteiger charge is 2.41. The molecule has 0 radical (unpaired) electrons. The van der Waals surface area contributed by atoms with Gasteiger partial charge in [0.05, 0.1) is 23.4 Å². The van der Waals surface area contributed by atoms with Crippen molar-refractivity contribution in [3.8, 4) is 5.88 Å². The molecule has 1 aliphatic heterocycles. The molecule has 0 unspecified atom stereocenters. The Morgan fingerprint density at radius 2 is 1.97 bits per heavy atom. The third-order valence-corrected chi connectivity index (χ3v) is 5.91. The van der Waals surface area contributed by atoms with Gasteiger partial charge in [0.15, 0.2) is 17.6 Å². The zero-order chi connectivity index (χ0) is 23.4. The lowest BCUT2D eigenvalue weighted by Crippen LogP contribution is -2.37. The van der Waals surface area contributed by atoms with Crippen LogP contribution in [0, 0.1) is 16.9 Å². The standard InChI is InChI=1S/C23H23N3O6/c1-4-23(32,22(30)31)16-8-18-20-12(9-26(18)21(29)15(16)11-27)7-13-14(10-25(2)3)19(28)6-5-17(13)24-20/h5-9,27,32H,4,10-11H2,1-3H3,(H-,28,29,30,31)/p+1/t23-/m0/s1. The number of hydrogen-bond donors (Lipinski definition) is 4. The molecule has 0 spiro atoms. The van der Waals surface area contributed by atoms with E-state index < -0.39 is 18.2 Å². The average Bonchev–Trinajstić information content (AvgIpc) is 3.11. The highest BCUT2D eigenvalue weighted by Crippen LogP contribution is 2.32. The van der Waals surface area contributed by atoms with Gasteiger partial charge in [0.25, 0.3) is 0 Å². The number of aromatic nitrogens is 2. The van der Waals surface area contributed by atoms with Gasteiger partial charge in [-0.3, -0.25) is 4.79 Å². The van der Waals surface area contributed by atoms with Crippen LogP contribution in [0.15, 0.2) is 18.2 Å². The molecule has 1 aliphatic carbocycles. The fourth-order valence-electron chi connectivity index (χ4n) is 4.19. The van der Waals surface area contributed by atoms with E-state index in [1.54, 1.807) is 12.3 Å². The Kier molecular flexibility index (Phi) is 5.20. The summed E-state index contributed by atoms with van der Waals surface area (Å²) in [5, 5.41) is 42.7. The summed E-state index contributed by atoms with van der Waals surface area (Å²) in [6, 6.07) is 3.25. The van der Waals surface area contributed by atoms with Crippen LogP contribution in [0.5, 0.6) is 5.88 Å². The number of nitrogens with zero attached hydrogens (tertiary/aromatic N) is 3. The summed E-state index contributed by atoms with van der Waals surface area (Å²) in [4.78, 5) is 30.9. The highest BCUT2D eigenvalue weighted by molar-refractivity contribution is 6.24. The van der Waals surface area contributed by atoms with E-state index in [4.69, 9.17) is 0 Å². The van der Waals surface area contributed by atoms with Gasteiger partial charge in [-0.2, -0.15) is 0 Å². The van der Waals surface area contributed by atoms with Gasteiger partial charge in [0.2, 0.25) is 5.35 Å². The molecule has 2 aliphatic rings. The first kappa shape index (κ1) is 21.8. The Bertz CT molecular complexity index is 1430. The summed E-state index contributed by atoms with van der Waals surface area (Å²) in [6.07, 6.45) is 4.53. The fraction of sp³-hybridized carbons (Fsp3) is 0.304. The van der Waals surface area contributed by atoms with E-state index >= 15 is 0 Å². The van der Waals surface area contributed by atoms with Crippen molar-refractivity contribution in [2.24, 2.45) is 0 Å². The monoisotopic (exact) mass is 438 g/mol. The minimum absolute atomic E-state index is 0.0794. The van der Waals surface area contributed by atoms with Gasteiger partial charge in [-0.25, -0.2) is 9.78 Å². The minimum atomic E-state index is -2.29. The topological polar surface area (TPSA) is 137 Å². The summed E-state index contributed by atoms with van der Waals surface area (Å²) >= 11 is 0. The van der Waals surface area contributed by atoms with Gasteiger partial charge in [0, 0.05) is 29.0 Å². The summed E-state index contributed by atoms with van der Waals surface area (Å²) in [6.45, 7) is 1.28. The lowest BCUT2D eigenvalue weighted by Gasteiger charge is -2.23. The molecule has 3 heterocycles. The van der Waals surface area contributed by atoms with Crippen molar-refractivity contribution in [1.82, 2.24) is 9.88 Å². The average molecular weight is 438 g/mol. The summed E-state index contributed by atoms with van der Waals surface area (Å²) in [7, 11) is 3.73. The molecule has 4 rings (SSSR count). The number of aliphatic hydroxyl groups is 2. The highest BCUT2D eigenvalue weighted by atomic mass is 16.4. The number of aromatic hydroxyl groups is 1. The van der Waals surface area contributed by atoms with E-state index in [1.165, 1.54) is 23.3 Å². The SMILES string of the molecule is CC[C@@](O)(C(=O)O)c1cc2[n+](c(O)c1CO)=Cc1cc3c(nc1=2)C=CC(=O)C=3CN(C)C. The van der Waals surface area contributed by atoms with E-state index in [0.717, 1.165) is 0 Å². The van der Waals surface area contributed by atoms with Gasteiger partial charge < -0.3 is 25.3 Å². The first-order valence-electron chi connectivity index (χ1n) is 10.1. The Balaban J connectivity index is 2.13. The van der Waals surface area contributed by atoms with Crippen LogP contribution in [0.4, 0.5) is 0 Å². The van der Waals surface area contributed by atoms with Crippen LogP contribution in [0.25, 0.3) is 11.6 Å². The number of carbonyl (C=O) groups is 2. The molecule has 0 aromatic carbocycles. The number of aliphatic hydroxyl groups excluding tert-OH is 1. The molecule has 4 N–H and O–H groups in total. The van der Waals surface area contributed by atoms with Crippen LogP contribution in [-0.2, 0) is 21.8 Å². The van der Waals surface area contributed by atoms with E-state index in [0.29, 0.717) is 39.3 Å². The zero-order valence-corrected chi connectivity index (χ0v) is 18.0. The maximum absolute atomic E-state index is 12.5. The number of carboxylic acid groups (broad SMARTS) is 1. The molecule has 0 amide bonds. The zero-order valence-electron chi connectivity index (χ0n) is 18.0. The lowest BCUT2D eigenvalue weighted by atomic mass is 9.88. The van der Waals surface area contributed by atoms with Crippen molar-refractivity contribution < 1.29 is 34.3 Å². The smallest absolute Gasteiger partial charge is 0.377 e. The summed E-state index contributed by atoms with van der Waals surface area (Å²) < 4.78 is 1.40. The second kappa shape index (κ2) is 7.63. The number of aliphatic carboxylic acids is 1. The number of carboxylic acids is 1. The van der Waals surface area contributed by atoms with Gasteiger partial charge in [-0.1, -0.05) is 6.92 Å². The third kappa shape index (κ3) is 3.13. The van der Waals surface area contributed by atoms with Crippen LogP contribution in [-0.4, -0.2) is 62.7 Å². The molecule has 166 valence electrons. The van der Waals surface area contributed by atoms with Gasteiger partial charge in [-0.05, 0) is 38.7 Å². The number of allylic oxidation sites excluding steroid dienone is 1. The number of hydrogen-bond acceptors (Lipinski definition) is 7. The molecule has 1 atom stereocenters. The van der Waals surface area contributed by atoms with Gasteiger partial charge in [-0.15, -0.1) is 4.24 Å². The van der Waals surface area contributed by atoms with E-state index in [-0.39, 0.29) is 29.2 Å². The molecular formula is C23H24N3O6+. The van der Waals surface area contributed by atoms with Crippen molar-refractivity contribution in [1.29, 1.82) is 0 Å². The van der Waals surface area contributed by atoms with Crippen LogP contribution in [0.3, 0.4) is 0 Å². The maximum atomic E-state index is 12.5. The Hall–Kier alpha value is -3.40. The molecule has 2 aromatic rings. The maximum Gasteiger partial charge on any atom is 0.377 e. The van der Waals surface area contributed by atoms with Gasteiger partial charge in [0.1, 0.15) is 5.35 Å². The third-order valence-electron chi connectivity index (χ3n) is 5.91. The predicted octanol–water partition coefficient (Wildman–Crippen LogP) is -0.784. The number of pyridine rings is 2. The second-order valence-electron chi connectivity index (χ2n) is 8.19. The first-order valence-corrected chi connectivity index (χ1v) is 10.1. The normalized spacial score (nSPS) is 15.8. The number of carbonyl (C=O) groups excluding carboxylic acids is 1. The molecule has 32 heavy (non-hydrogen) atoms. The minimum Gasteiger partial charge on any atom is -0.479 e. The first-order chi connectivity index (χ1) is 15.1.